The zero-order chi connectivity index (χ0) is 18.2. The van der Waals surface area contributed by atoms with E-state index in [0.717, 1.165) is 11.5 Å². The molecule has 142 valence electrons. The van der Waals surface area contributed by atoms with Crippen molar-refractivity contribution >= 4 is 29.9 Å². The van der Waals surface area contributed by atoms with Crippen molar-refractivity contribution in [2.24, 2.45) is 10.9 Å². The number of benzene rings is 1. The van der Waals surface area contributed by atoms with Crippen LogP contribution in [0.15, 0.2) is 47.6 Å². The van der Waals surface area contributed by atoms with Crippen LogP contribution < -0.4 is 15.4 Å². The highest BCUT2D eigenvalue weighted by Gasteiger charge is 2.08. The normalized spacial score (nSPS) is 12.3. The molecule has 2 aromatic rings. The van der Waals surface area contributed by atoms with Crippen LogP contribution in [0.2, 0.25) is 0 Å². The first kappa shape index (κ1) is 22.1. The van der Waals surface area contributed by atoms with E-state index in [1.807, 2.05) is 6.07 Å². The number of guanidine groups is 1. The number of nitrogens with one attached hydrogen (secondary N) is 2. The Morgan fingerprint density at radius 3 is 2.38 bits per heavy atom. The number of ether oxygens (including phenoxy) is 1. The Balaban J connectivity index is 0.00000338. The molecule has 0 aliphatic rings. The van der Waals surface area contributed by atoms with Gasteiger partial charge in [0.25, 0.3) is 0 Å². The van der Waals surface area contributed by atoms with Crippen molar-refractivity contribution in [3.05, 3.63) is 54.0 Å². The Bertz CT molecular complexity index is 690. The second kappa shape index (κ2) is 10.9. The molecular weight excluding hydrogens is 446 g/mol. The summed E-state index contributed by atoms with van der Waals surface area (Å²) >= 11 is 0. The zero-order valence-electron chi connectivity index (χ0n) is 15.5. The summed E-state index contributed by atoms with van der Waals surface area (Å²) in [4.78, 5) is 8.50. The monoisotopic (exact) mass is 472 g/mol. The lowest BCUT2D eigenvalue weighted by Crippen LogP contribution is -2.43. The SMILES string of the molecule is CN=C(NCc1ccc(Oc2ccc(F)cc2)nc1)NC(C)C(C)C.I. The van der Waals surface area contributed by atoms with Gasteiger partial charge in [-0.3, -0.25) is 4.99 Å². The maximum atomic E-state index is 12.9. The molecule has 2 N–H and O–H groups in total. The van der Waals surface area contributed by atoms with Crippen LogP contribution in [0, 0.1) is 11.7 Å². The van der Waals surface area contributed by atoms with E-state index in [9.17, 15) is 4.39 Å². The van der Waals surface area contributed by atoms with Gasteiger partial charge < -0.3 is 15.4 Å². The van der Waals surface area contributed by atoms with Crippen molar-refractivity contribution in [2.45, 2.75) is 33.4 Å². The van der Waals surface area contributed by atoms with Crippen LogP contribution >= 0.6 is 24.0 Å². The van der Waals surface area contributed by atoms with Gasteiger partial charge in [-0.25, -0.2) is 9.37 Å². The van der Waals surface area contributed by atoms with Crippen molar-refractivity contribution in [3.8, 4) is 11.6 Å². The molecule has 1 unspecified atom stereocenters. The Morgan fingerprint density at radius 2 is 1.85 bits per heavy atom. The highest BCUT2D eigenvalue weighted by atomic mass is 127. The van der Waals surface area contributed by atoms with Gasteiger partial charge in [-0.2, -0.15) is 0 Å². The molecule has 1 aromatic carbocycles. The minimum Gasteiger partial charge on any atom is -0.439 e. The van der Waals surface area contributed by atoms with Crippen molar-refractivity contribution in [2.75, 3.05) is 7.05 Å². The zero-order valence-corrected chi connectivity index (χ0v) is 17.8. The summed E-state index contributed by atoms with van der Waals surface area (Å²) in [6.45, 7) is 7.05. The molecule has 0 radical (unpaired) electrons. The quantitative estimate of drug-likeness (QED) is 0.373. The van der Waals surface area contributed by atoms with E-state index in [1.54, 1.807) is 31.4 Å². The molecule has 0 amide bonds. The molecule has 0 aliphatic heterocycles. The van der Waals surface area contributed by atoms with Crippen molar-refractivity contribution < 1.29 is 9.13 Å². The van der Waals surface area contributed by atoms with Gasteiger partial charge in [0.2, 0.25) is 5.88 Å². The molecule has 0 bridgehead atoms. The predicted molar refractivity (Wildman–Crippen MR) is 114 cm³/mol. The van der Waals surface area contributed by atoms with Crippen LogP contribution in [0.4, 0.5) is 4.39 Å². The van der Waals surface area contributed by atoms with E-state index < -0.39 is 0 Å². The average molecular weight is 472 g/mol. The lowest BCUT2D eigenvalue weighted by Gasteiger charge is -2.20. The predicted octanol–water partition coefficient (Wildman–Crippen LogP) is 4.34. The standard InChI is InChI=1S/C19H25FN4O.HI/c1-13(2)14(3)24-19(21-4)23-12-15-5-10-18(22-11-15)25-17-8-6-16(20)7-9-17;/h5-11,13-14H,12H2,1-4H3,(H2,21,23,24);1H. The van der Waals surface area contributed by atoms with Crippen LogP contribution in [-0.2, 0) is 6.54 Å². The fourth-order valence-corrected chi connectivity index (χ4v) is 1.96. The van der Waals surface area contributed by atoms with Gasteiger partial charge in [0.1, 0.15) is 11.6 Å². The van der Waals surface area contributed by atoms with Crippen LogP contribution in [0.1, 0.15) is 26.3 Å². The highest BCUT2D eigenvalue weighted by Crippen LogP contribution is 2.19. The Hall–Kier alpha value is -1.90. The van der Waals surface area contributed by atoms with Gasteiger partial charge in [0, 0.05) is 31.9 Å². The summed E-state index contributed by atoms with van der Waals surface area (Å²) in [5, 5.41) is 6.61. The first-order chi connectivity index (χ1) is 12.0. The topological polar surface area (TPSA) is 58.5 Å². The van der Waals surface area contributed by atoms with Crippen LogP contribution in [-0.4, -0.2) is 24.0 Å². The number of pyridine rings is 1. The Labute approximate surface area is 171 Å². The maximum Gasteiger partial charge on any atom is 0.219 e. The molecule has 26 heavy (non-hydrogen) atoms. The Kier molecular flexibility index (Phi) is 9.32. The van der Waals surface area contributed by atoms with Crippen molar-refractivity contribution in [1.82, 2.24) is 15.6 Å². The Morgan fingerprint density at radius 1 is 1.15 bits per heavy atom. The van der Waals surface area contributed by atoms with E-state index in [1.165, 1.54) is 12.1 Å². The van der Waals surface area contributed by atoms with E-state index in [2.05, 4.69) is 41.4 Å². The number of aliphatic imine (C=N–C) groups is 1. The second-order valence-corrected chi connectivity index (χ2v) is 6.16. The molecule has 1 heterocycles. The van der Waals surface area contributed by atoms with Gasteiger partial charge in [0.05, 0.1) is 0 Å². The summed E-state index contributed by atoms with van der Waals surface area (Å²) in [6, 6.07) is 9.88. The molecular formula is C19H26FIN4O. The molecule has 5 nitrogen and oxygen atoms in total. The average Bonchev–Trinajstić information content (AvgIpc) is 2.61. The highest BCUT2D eigenvalue weighted by molar-refractivity contribution is 14.0. The number of hydrogen-bond donors (Lipinski definition) is 2. The van der Waals surface area contributed by atoms with Gasteiger partial charge in [-0.05, 0) is 42.7 Å². The summed E-state index contributed by atoms with van der Waals surface area (Å²) in [5.41, 5.74) is 1.01. The largest absolute Gasteiger partial charge is 0.439 e. The smallest absolute Gasteiger partial charge is 0.219 e. The molecule has 0 aliphatic carbocycles. The number of rotatable bonds is 6. The number of hydrogen-bond acceptors (Lipinski definition) is 3. The number of aromatic nitrogens is 1. The fraction of sp³-hybridized carbons (Fsp3) is 0.368. The lowest BCUT2D eigenvalue weighted by molar-refractivity contribution is 0.460. The minimum atomic E-state index is -0.296. The van der Waals surface area contributed by atoms with Crippen molar-refractivity contribution in [3.63, 3.8) is 0 Å². The third-order valence-corrected chi connectivity index (χ3v) is 3.88. The minimum absolute atomic E-state index is 0. The summed E-state index contributed by atoms with van der Waals surface area (Å²) in [7, 11) is 1.75. The van der Waals surface area contributed by atoms with Gasteiger partial charge in [0.15, 0.2) is 5.96 Å². The summed E-state index contributed by atoms with van der Waals surface area (Å²) in [5.74, 6) is 1.99. The van der Waals surface area contributed by atoms with Crippen LogP contribution in [0.25, 0.3) is 0 Å². The first-order valence-electron chi connectivity index (χ1n) is 8.33. The van der Waals surface area contributed by atoms with Gasteiger partial charge in [-0.1, -0.05) is 19.9 Å². The second-order valence-electron chi connectivity index (χ2n) is 6.16. The van der Waals surface area contributed by atoms with E-state index >= 15 is 0 Å². The fourth-order valence-electron chi connectivity index (χ4n) is 1.96. The third kappa shape index (κ3) is 7.15. The first-order valence-corrected chi connectivity index (χ1v) is 8.33. The summed E-state index contributed by atoms with van der Waals surface area (Å²) in [6.07, 6.45) is 1.74. The van der Waals surface area contributed by atoms with E-state index in [-0.39, 0.29) is 29.8 Å². The van der Waals surface area contributed by atoms with Crippen LogP contribution in [0.5, 0.6) is 11.6 Å². The molecule has 0 saturated carbocycles. The molecule has 1 atom stereocenters. The number of halogens is 2. The molecule has 1 aromatic heterocycles. The molecule has 0 saturated heterocycles. The molecule has 7 heteroatoms. The molecule has 0 fully saturated rings. The summed E-state index contributed by atoms with van der Waals surface area (Å²) < 4.78 is 18.5. The lowest BCUT2D eigenvalue weighted by atomic mass is 10.1. The van der Waals surface area contributed by atoms with Gasteiger partial charge >= 0.3 is 0 Å². The third-order valence-electron chi connectivity index (χ3n) is 3.88. The van der Waals surface area contributed by atoms with Crippen LogP contribution in [0.3, 0.4) is 0 Å². The van der Waals surface area contributed by atoms with E-state index in [4.69, 9.17) is 4.74 Å². The molecule has 0 spiro atoms. The molecule has 2 rings (SSSR count). The van der Waals surface area contributed by atoms with Crippen molar-refractivity contribution in [1.29, 1.82) is 0 Å². The number of nitrogens with zero attached hydrogens (tertiary/aromatic N) is 2. The van der Waals surface area contributed by atoms with E-state index in [0.29, 0.717) is 30.1 Å². The van der Waals surface area contributed by atoms with Gasteiger partial charge in [-0.15, -0.1) is 24.0 Å². The maximum absolute atomic E-state index is 12.9.